The van der Waals surface area contributed by atoms with E-state index in [-0.39, 0.29) is 0 Å². The van der Waals surface area contributed by atoms with Crippen molar-refractivity contribution < 1.29 is 20.1 Å². The lowest BCUT2D eigenvalue weighted by Gasteiger charge is -2.36. The molecule has 0 aromatic heterocycles. The number of aliphatic hydroxyl groups excluding tert-OH is 3. The van der Waals surface area contributed by atoms with Gasteiger partial charge in [-0.2, -0.15) is 0 Å². The molecule has 1 unspecified atom stereocenters. The molecular formula is C6H11ClO4. The Hall–Kier alpha value is 0.130. The van der Waals surface area contributed by atoms with Crippen molar-refractivity contribution in [2.75, 3.05) is 0 Å². The maximum atomic E-state index is 9.17. The summed E-state index contributed by atoms with van der Waals surface area (Å²) in [5, 5.41) is 26.4. The Morgan fingerprint density at radius 3 is 2.27 bits per heavy atom. The Bertz CT molecular complexity index is 129. The predicted molar refractivity (Wildman–Crippen MR) is 38.2 cm³/mol. The second-order valence-electron chi connectivity index (χ2n) is 2.66. The molecule has 0 bridgehead atoms. The van der Waals surface area contributed by atoms with E-state index >= 15 is 0 Å². The second kappa shape index (κ2) is 3.25. The molecule has 5 atom stereocenters. The summed E-state index contributed by atoms with van der Waals surface area (Å²) in [7, 11) is 0. The van der Waals surface area contributed by atoms with Gasteiger partial charge in [0.2, 0.25) is 0 Å². The van der Waals surface area contributed by atoms with Crippen molar-refractivity contribution in [2.45, 2.75) is 36.9 Å². The van der Waals surface area contributed by atoms with Crippen LogP contribution in [0.3, 0.4) is 0 Å². The molecule has 1 saturated heterocycles. The summed E-state index contributed by atoms with van der Waals surface area (Å²) < 4.78 is 4.79. The van der Waals surface area contributed by atoms with Crippen LogP contribution in [0.5, 0.6) is 0 Å². The van der Waals surface area contributed by atoms with E-state index in [1.54, 1.807) is 6.92 Å². The van der Waals surface area contributed by atoms with E-state index in [1.807, 2.05) is 0 Å². The quantitative estimate of drug-likeness (QED) is 0.423. The third-order valence-electron chi connectivity index (χ3n) is 1.78. The molecule has 11 heavy (non-hydrogen) atoms. The highest BCUT2D eigenvalue weighted by Gasteiger charge is 2.40. The fourth-order valence-corrected chi connectivity index (χ4v) is 1.22. The lowest BCUT2D eigenvalue weighted by molar-refractivity contribution is -0.223. The van der Waals surface area contributed by atoms with Crippen LogP contribution in [0.25, 0.3) is 0 Å². The summed E-state index contributed by atoms with van der Waals surface area (Å²) in [6.07, 6.45) is -3.95. The molecule has 66 valence electrons. The van der Waals surface area contributed by atoms with Gasteiger partial charge in [0.25, 0.3) is 0 Å². The van der Waals surface area contributed by atoms with Crippen LogP contribution in [0.2, 0.25) is 0 Å². The normalized spacial score (nSPS) is 52.6. The summed E-state index contributed by atoms with van der Waals surface area (Å²) in [5.41, 5.74) is 0. The SMILES string of the molecule is C[C@@H]1OC(O)[C@@H](Cl)[C@H](O)[C@@H]1O. The van der Waals surface area contributed by atoms with Gasteiger partial charge < -0.3 is 20.1 Å². The number of ether oxygens (including phenoxy) is 1. The van der Waals surface area contributed by atoms with E-state index < -0.39 is 30.0 Å². The van der Waals surface area contributed by atoms with Gasteiger partial charge in [-0.3, -0.25) is 0 Å². The molecule has 0 amide bonds. The minimum absolute atomic E-state index is 0.588. The topological polar surface area (TPSA) is 69.9 Å². The summed E-state index contributed by atoms with van der Waals surface area (Å²) in [4.78, 5) is 0. The molecule has 1 fully saturated rings. The molecule has 0 aromatic carbocycles. The summed E-state index contributed by atoms with van der Waals surface area (Å²) >= 11 is 5.49. The van der Waals surface area contributed by atoms with Gasteiger partial charge in [-0.1, -0.05) is 0 Å². The number of alkyl halides is 1. The molecule has 4 nitrogen and oxygen atoms in total. The van der Waals surface area contributed by atoms with E-state index in [1.165, 1.54) is 0 Å². The first kappa shape index (κ1) is 9.22. The van der Waals surface area contributed by atoms with E-state index in [0.717, 1.165) is 0 Å². The lowest BCUT2D eigenvalue weighted by atomic mass is 10.0. The van der Waals surface area contributed by atoms with Crippen LogP contribution in [0.15, 0.2) is 0 Å². The van der Waals surface area contributed by atoms with Crippen molar-refractivity contribution in [1.29, 1.82) is 0 Å². The molecule has 1 aliphatic rings. The molecule has 1 aliphatic heterocycles. The van der Waals surface area contributed by atoms with Gasteiger partial charge in [0, 0.05) is 0 Å². The van der Waals surface area contributed by atoms with Crippen molar-refractivity contribution in [1.82, 2.24) is 0 Å². The lowest BCUT2D eigenvalue weighted by Crippen LogP contribution is -2.54. The maximum Gasteiger partial charge on any atom is 0.174 e. The highest BCUT2D eigenvalue weighted by molar-refractivity contribution is 6.21. The maximum absolute atomic E-state index is 9.17. The van der Waals surface area contributed by atoms with Crippen LogP contribution in [-0.2, 0) is 4.74 Å². The highest BCUT2D eigenvalue weighted by Crippen LogP contribution is 2.23. The smallest absolute Gasteiger partial charge is 0.174 e. The number of aliphatic hydroxyl groups is 3. The zero-order valence-electron chi connectivity index (χ0n) is 6.01. The zero-order chi connectivity index (χ0) is 8.59. The van der Waals surface area contributed by atoms with Crippen LogP contribution >= 0.6 is 11.6 Å². The van der Waals surface area contributed by atoms with E-state index in [0.29, 0.717) is 0 Å². The number of halogens is 1. The van der Waals surface area contributed by atoms with E-state index in [9.17, 15) is 0 Å². The molecule has 0 saturated carbocycles. The van der Waals surface area contributed by atoms with Crippen molar-refractivity contribution in [2.24, 2.45) is 0 Å². The van der Waals surface area contributed by atoms with Crippen LogP contribution in [0, 0.1) is 0 Å². The first-order chi connectivity index (χ1) is 5.04. The summed E-state index contributed by atoms with van der Waals surface area (Å²) in [6, 6.07) is 0. The largest absolute Gasteiger partial charge is 0.389 e. The molecule has 5 heteroatoms. The third kappa shape index (κ3) is 1.65. The first-order valence-corrected chi connectivity index (χ1v) is 3.81. The standard InChI is InChI=1S/C6H11ClO4/c1-2-4(8)5(9)3(7)6(10)11-2/h2-6,8-10H,1H3/t2-,3-,4+,5-,6?/m0/s1. The second-order valence-corrected chi connectivity index (χ2v) is 3.16. The van der Waals surface area contributed by atoms with Crippen molar-refractivity contribution in [3.05, 3.63) is 0 Å². The Kier molecular flexibility index (Phi) is 2.72. The van der Waals surface area contributed by atoms with Gasteiger partial charge in [-0.15, -0.1) is 11.6 Å². The molecule has 1 rings (SSSR count). The average molecular weight is 183 g/mol. The summed E-state index contributed by atoms with van der Waals surface area (Å²) in [6.45, 7) is 1.56. The number of rotatable bonds is 0. The van der Waals surface area contributed by atoms with Gasteiger partial charge in [0.05, 0.1) is 6.10 Å². The molecule has 1 heterocycles. The monoisotopic (exact) mass is 182 g/mol. The van der Waals surface area contributed by atoms with Crippen molar-refractivity contribution in [3.8, 4) is 0 Å². The van der Waals surface area contributed by atoms with Crippen LogP contribution in [-0.4, -0.2) is 45.3 Å². The number of hydrogen-bond acceptors (Lipinski definition) is 4. The Balaban J connectivity index is 2.63. The molecular weight excluding hydrogens is 172 g/mol. The predicted octanol–water partition coefficient (Wildman–Crippen LogP) is -0.947. The third-order valence-corrected chi connectivity index (χ3v) is 2.26. The van der Waals surface area contributed by atoms with Crippen molar-refractivity contribution in [3.63, 3.8) is 0 Å². The van der Waals surface area contributed by atoms with E-state index in [2.05, 4.69) is 0 Å². The van der Waals surface area contributed by atoms with Gasteiger partial charge in [0.1, 0.15) is 17.6 Å². The van der Waals surface area contributed by atoms with Crippen molar-refractivity contribution >= 4 is 11.6 Å². The minimum Gasteiger partial charge on any atom is -0.389 e. The Morgan fingerprint density at radius 1 is 1.18 bits per heavy atom. The van der Waals surface area contributed by atoms with Gasteiger partial charge in [0.15, 0.2) is 6.29 Å². The van der Waals surface area contributed by atoms with Gasteiger partial charge >= 0.3 is 0 Å². The fraction of sp³-hybridized carbons (Fsp3) is 1.00. The van der Waals surface area contributed by atoms with Gasteiger partial charge in [-0.05, 0) is 6.92 Å². The average Bonchev–Trinajstić information content (AvgIpc) is 1.97. The molecule has 0 spiro atoms. The first-order valence-electron chi connectivity index (χ1n) is 3.37. The molecule has 3 N–H and O–H groups in total. The van der Waals surface area contributed by atoms with Crippen LogP contribution in [0.4, 0.5) is 0 Å². The Morgan fingerprint density at radius 2 is 1.73 bits per heavy atom. The minimum atomic E-state index is -1.20. The fourth-order valence-electron chi connectivity index (χ4n) is 1.01. The number of hydrogen-bond donors (Lipinski definition) is 3. The molecule has 0 aliphatic carbocycles. The zero-order valence-corrected chi connectivity index (χ0v) is 6.77. The van der Waals surface area contributed by atoms with E-state index in [4.69, 9.17) is 31.7 Å². The van der Waals surface area contributed by atoms with Crippen LogP contribution < -0.4 is 0 Å². The van der Waals surface area contributed by atoms with Crippen LogP contribution in [0.1, 0.15) is 6.92 Å². The molecule has 0 radical (unpaired) electrons. The molecule has 0 aromatic rings. The summed E-state index contributed by atoms with van der Waals surface area (Å²) in [5.74, 6) is 0. The van der Waals surface area contributed by atoms with Gasteiger partial charge in [-0.25, -0.2) is 0 Å². The Labute approximate surface area is 69.4 Å². The highest BCUT2D eigenvalue weighted by atomic mass is 35.5.